The Hall–Kier alpha value is -1.82. The second kappa shape index (κ2) is 6.76. The van der Waals surface area contributed by atoms with Crippen molar-refractivity contribution in [2.24, 2.45) is 5.16 Å². The fourth-order valence-corrected chi connectivity index (χ4v) is 2.48. The Bertz CT molecular complexity index is 622. The van der Waals surface area contributed by atoms with Crippen molar-refractivity contribution in [1.29, 1.82) is 0 Å². The molecule has 2 rings (SSSR count). The Morgan fingerprint density at radius 1 is 1.29 bits per heavy atom. The van der Waals surface area contributed by atoms with Gasteiger partial charge in [0, 0.05) is 0 Å². The van der Waals surface area contributed by atoms with E-state index in [-0.39, 0.29) is 0 Å². The van der Waals surface area contributed by atoms with Gasteiger partial charge in [-0.1, -0.05) is 5.16 Å². The topological polar surface area (TPSA) is 57.1 Å². The summed E-state index contributed by atoms with van der Waals surface area (Å²) in [7, 11) is 0. The van der Waals surface area contributed by atoms with E-state index >= 15 is 0 Å². The van der Waals surface area contributed by atoms with Gasteiger partial charge in [0.15, 0.2) is 11.5 Å². The number of carbonyl (C=O) groups is 1. The van der Waals surface area contributed by atoms with Gasteiger partial charge in [-0.15, -0.1) is 0 Å². The largest absolute Gasteiger partial charge is 0.490 e. The van der Waals surface area contributed by atoms with E-state index in [1.54, 1.807) is 13.0 Å². The van der Waals surface area contributed by atoms with Gasteiger partial charge in [-0.3, -0.25) is 0 Å². The summed E-state index contributed by atoms with van der Waals surface area (Å²) < 4.78 is 11.9. The second-order valence-corrected chi connectivity index (χ2v) is 5.16. The minimum Gasteiger partial charge on any atom is -0.490 e. The molecule has 1 aliphatic heterocycles. The number of hydrogen-bond acceptors (Lipinski definition) is 5. The van der Waals surface area contributed by atoms with E-state index in [0.29, 0.717) is 36.0 Å². The molecule has 0 amide bonds. The summed E-state index contributed by atoms with van der Waals surface area (Å²) in [6, 6.07) is 3.69. The van der Waals surface area contributed by atoms with Crippen LogP contribution in [-0.4, -0.2) is 24.9 Å². The molecule has 0 unspecified atom stereocenters. The molecule has 0 aromatic heterocycles. The number of halogens is 1. The Morgan fingerprint density at radius 2 is 2.00 bits per heavy atom. The molecule has 1 aromatic rings. The fourth-order valence-electron chi connectivity index (χ4n) is 1.90. The van der Waals surface area contributed by atoms with Gasteiger partial charge in [-0.2, -0.15) is 0 Å². The minimum absolute atomic E-state index is 0.438. The Labute approximate surface area is 131 Å². The third-order valence-electron chi connectivity index (χ3n) is 2.81. The highest BCUT2D eigenvalue weighted by Crippen LogP contribution is 2.37. The highest BCUT2D eigenvalue weighted by molar-refractivity contribution is 9.10. The third-order valence-corrected chi connectivity index (χ3v) is 3.40. The van der Waals surface area contributed by atoms with Gasteiger partial charge in [-0.05, 0) is 60.5 Å². The lowest BCUT2D eigenvalue weighted by atomic mass is 10.1. The molecule has 21 heavy (non-hydrogen) atoms. The Kier molecular flexibility index (Phi) is 5.01. The van der Waals surface area contributed by atoms with Crippen molar-refractivity contribution in [3.8, 4) is 11.5 Å². The molecule has 0 spiro atoms. The minimum atomic E-state index is -0.449. The predicted molar refractivity (Wildman–Crippen MR) is 83.7 cm³/mol. The first kappa shape index (κ1) is 15.6. The zero-order chi connectivity index (χ0) is 15.4. The average molecular weight is 354 g/mol. The van der Waals surface area contributed by atoms with Crippen LogP contribution in [0, 0.1) is 0 Å². The van der Waals surface area contributed by atoms with Gasteiger partial charge in [0.05, 0.1) is 29.0 Å². The molecular formula is C15H16BrNO4. The van der Waals surface area contributed by atoms with Crippen LogP contribution in [0.25, 0.3) is 6.08 Å². The third kappa shape index (κ3) is 3.44. The maximum absolute atomic E-state index is 11.6. The summed E-state index contributed by atoms with van der Waals surface area (Å²) in [4.78, 5) is 16.2. The smallest absolute Gasteiger partial charge is 0.367 e. The van der Waals surface area contributed by atoms with E-state index in [0.717, 1.165) is 10.0 Å². The van der Waals surface area contributed by atoms with Crippen molar-refractivity contribution in [1.82, 2.24) is 0 Å². The molecule has 1 heterocycles. The summed E-state index contributed by atoms with van der Waals surface area (Å²) in [5, 5.41) is 3.65. The summed E-state index contributed by atoms with van der Waals surface area (Å²) in [6.45, 7) is 6.60. The molecule has 1 aromatic carbocycles. The normalized spacial score (nSPS) is 15.9. The Morgan fingerprint density at radius 3 is 2.57 bits per heavy atom. The number of carbonyl (C=O) groups excluding carboxylic acids is 1. The van der Waals surface area contributed by atoms with Crippen LogP contribution in [0.4, 0.5) is 0 Å². The van der Waals surface area contributed by atoms with E-state index in [2.05, 4.69) is 25.9 Å². The first-order valence-corrected chi connectivity index (χ1v) is 7.43. The SMILES string of the molecule is CCOc1cc(/C=C2\C(=O)ON=C2C)cc(Br)c1OCC. The monoisotopic (exact) mass is 353 g/mol. The van der Waals surface area contributed by atoms with Gasteiger partial charge in [0.1, 0.15) is 0 Å². The van der Waals surface area contributed by atoms with Crippen LogP contribution in [-0.2, 0) is 9.63 Å². The van der Waals surface area contributed by atoms with E-state index in [1.807, 2.05) is 26.0 Å². The molecule has 0 radical (unpaired) electrons. The molecule has 6 heteroatoms. The summed E-state index contributed by atoms with van der Waals surface area (Å²) >= 11 is 3.47. The number of nitrogens with zero attached hydrogens (tertiary/aromatic N) is 1. The lowest BCUT2D eigenvalue weighted by Gasteiger charge is -2.13. The maximum atomic E-state index is 11.6. The van der Waals surface area contributed by atoms with Crippen LogP contribution in [0.15, 0.2) is 27.3 Å². The zero-order valence-electron chi connectivity index (χ0n) is 12.1. The van der Waals surface area contributed by atoms with Gasteiger partial charge < -0.3 is 14.3 Å². The molecule has 112 valence electrons. The van der Waals surface area contributed by atoms with Crippen LogP contribution < -0.4 is 9.47 Å². The average Bonchev–Trinajstić information content (AvgIpc) is 2.75. The van der Waals surface area contributed by atoms with Gasteiger partial charge in [-0.25, -0.2) is 4.79 Å². The van der Waals surface area contributed by atoms with Crippen molar-refractivity contribution < 1.29 is 19.1 Å². The molecule has 0 atom stereocenters. The van der Waals surface area contributed by atoms with Crippen LogP contribution >= 0.6 is 15.9 Å². The summed E-state index contributed by atoms with van der Waals surface area (Å²) in [5.74, 6) is 0.831. The molecule has 0 aliphatic carbocycles. The lowest BCUT2D eigenvalue weighted by molar-refractivity contribution is -0.136. The number of benzene rings is 1. The molecule has 0 N–H and O–H groups in total. The van der Waals surface area contributed by atoms with E-state index in [1.165, 1.54) is 0 Å². The molecule has 0 saturated carbocycles. The highest BCUT2D eigenvalue weighted by Gasteiger charge is 2.22. The van der Waals surface area contributed by atoms with Crippen LogP contribution in [0.5, 0.6) is 11.5 Å². The van der Waals surface area contributed by atoms with Gasteiger partial charge in [0.25, 0.3) is 0 Å². The number of oxime groups is 1. The number of hydrogen-bond donors (Lipinski definition) is 0. The first-order valence-electron chi connectivity index (χ1n) is 6.64. The summed E-state index contributed by atoms with van der Waals surface area (Å²) in [6.07, 6.45) is 1.72. The summed E-state index contributed by atoms with van der Waals surface area (Å²) in [5.41, 5.74) is 1.80. The van der Waals surface area contributed by atoms with Crippen molar-refractivity contribution in [2.45, 2.75) is 20.8 Å². The van der Waals surface area contributed by atoms with E-state index < -0.39 is 5.97 Å². The quantitative estimate of drug-likeness (QED) is 0.599. The van der Waals surface area contributed by atoms with Gasteiger partial charge >= 0.3 is 5.97 Å². The molecule has 1 aliphatic rings. The lowest BCUT2D eigenvalue weighted by Crippen LogP contribution is -2.03. The zero-order valence-corrected chi connectivity index (χ0v) is 13.7. The van der Waals surface area contributed by atoms with Crippen molar-refractivity contribution >= 4 is 33.7 Å². The van der Waals surface area contributed by atoms with Crippen molar-refractivity contribution in [2.75, 3.05) is 13.2 Å². The molecule has 0 saturated heterocycles. The van der Waals surface area contributed by atoms with Crippen LogP contribution in [0.1, 0.15) is 26.3 Å². The highest BCUT2D eigenvalue weighted by atomic mass is 79.9. The maximum Gasteiger partial charge on any atom is 0.367 e. The molecule has 0 fully saturated rings. The van der Waals surface area contributed by atoms with Crippen molar-refractivity contribution in [3.63, 3.8) is 0 Å². The molecule has 5 nitrogen and oxygen atoms in total. The molecular weight excluding hydrogens is 338 g/mol. The number of ether oxygens (including phenoxy) is 2. The Balaban J connectivity index is 2.44. The van der Waals surface area contributed by atoms with E-state index in [4.69, 9.17) is 9.47 Å². The predicted octanol–water partition coefficient (Wildman–Crippen LogP) is 3.56. The van der Waals surface area contributed by atoms with Gasteiger partial charge in [0.2, 0.25) is 0 Å². The first-order chi connectivity index (χ1) is 10.1. The van der Waals surface area contributed by atoms with Crippen LogP contribution in [0.2, 0.25) is 0 Å². The second-order valence-electron chi connectivity index (χ2n) is 4.31. The van der Waals surface area contributed by atoms with E-state index in [9.17, 15) is 4.79 Å². The number of rotatable bonds is 5. The standard InChI is InChI=1S/C15H16BrNO4/c1-4-19-13-8-10(7-12(16)14(13)20-5-2)6-11-9(3)17-21-15(11)18/h6-8H,4-5H2,1-3H3/b11-6-. The molecule has 0 bridgehead atoms. The van der Waals surface area contributed by atoms with Crippen LogP contribution in [0.3, 0.4) is 0 Å². The van der Waals surface area contributed by atoms with Crippen molar-refractivity contribution in [3.05, 3.63) is 27.7 Å². The fraction of sp³-hybridized carbons (Fsp3) is 0.333.